The number of alkyl halides is 3. The molecule has 0 aliphatic heterocycles. The van der Waals surface area contributed by atoms with E-state index >= 15 is 0 Å². The molecular weight excluding hydrogens is 471 g/mol. The molecule has 1 saturated carbocycles. The normalized spacial score (nSPS) is 23.0. The number of rotatable bonds is 6. The van der Waals surface area contributed by atoms with Gasteiger partial charge in [-0.15, -0.1) is 0 Å². The van der Waals surface area contributed by atoms with Gasteiger partial charge in [0.25, 0.3) is 0 Å². The van der Waals surface area contributed by atoms with Crippen LogP contribution in [0.4, 0.5) is 24.9 Å². The molecular formula is C23H27ClF3N5O2. The van der Waals surface area contributed by atoms with Gasteiger partial charge in [0.1, 0.15) is 23.3 Å². The first kappa shape index (κ1) is 24.5. The Hall–Kier alpha value is -2.59. The lowest BCUT2D eigenvalue weighted by molar-refractivity contribution is -0.115. The maximum absolute atomic E-state index is 12.8. The van der Waals surface area contributed by atoms with Gasteiger partial charge in [0, 0.05) is 23.7 Å². The number of hydrogen-bond acceptors (Lipinski definition) is 7. The molecule has 3 aromatic heterocycles. The molecule has 7 nitrogen and oxygen atoms in total. The highest BCUT2D eigenvalue weighted by Gasteiger charge is 2.38. The molecule has 3 aromatic rings. The summed E-state index contributed by atoms with van der Waals surface area (Å²) in [6.45, 7) is 6.64. The molecule has 0 aromatic carbocycles. The number of aryl methyl sites for hydroxylation is 2. The molecule has 3 heterocycles. The third kappa shape index (κ3) is 4.93. The van der Waals surface area contributed by atoms with E-state index in [1.54, 1.807) is 6.07 Å². The Bertz CT molecular complexity index is 1200. The van der Waals surface area contributed by atoms with Crippen molar-refractivity contribution in [3.63, 3.8) is 0 Å². The van der Waals surface area contributed by atoms with Crippen molar-refractivity contribution in [1.82, 2.24) is 15.0 Å². The molecule has 1 aliphatic rings. The minimum atomic E-state index is -4.44. The fourth-order valence-electron chi connectivity index (χ4n) is 4.66. The first-order valence-electron chi connectivity index (χ1n) is 11.1. The van der Waals surface area contributed by atoms with E-state index in [0.717, 1.165) is 11.1 Å². The molecule has 0 bridgehead atoms. The van der Waals surface area contributed by atoms with Crippen LogP contribution in [0.15, 0.2) is 16.5 Å². The van der Waals surface area contributed by atoms with E-state index in [0.29, 0.717) is 29.0 Å². The van der Waals surface area contributed by atoms with Crippen LogP contribution in [0, 0.1) is 31.6 Å². The van der Waals surface area contributed by atoms with Gasteiger partial charge in [-0.25, -0.2) is 4.98 Å². The van der Waals surface area contributed by atoms with Crippen molar-refractivity contribution in [2.24, 2.45) is 17.8 Å². The molecule has 1 aliphatic carbocycles. The van der Waals surface area contributed by atoms with E-state index in [-0.39, 0.29) is 47.3 Å². The van der Waals surface area contributed by atoms with Crippen molar-refractivity contribution < 1.29 is 22.7 Å². The van der Waals surface area contributed by atoms with Crippen molar-refractivity contribution in [1.29, 1.82) is 0 Å². The van der Waals surface area contributed by atoms with Gasteiger partial charge >= 0.3 is 6.18 Å². The molecule has 34 heavy (non-hydrogen) atoms. The summed E-state index contributed by atoms with van der Waals surface area (Å²) >= 11 is 6.50. The Morgan fingerprint density at radius 2 is 1.88 bits per heavy atom. The Labute approximate surface area is 200 Å². The predicted octanol–water partition coefficient (Wildman–Crippen LogP) is 5.59. The van der Waals surface area contributed by atoms with E-state index in [4.69, 9.17) is 16.0 Å². The highest BCUT2D eigenvalue weighted by Crippen LogP contribution is 2.42. The zero-order valence-corrected chi connectivity index (χ0v) is 20.1. The third-order valence-electron chi connectivity index (χ3n) is 6.68. The number of anilines is 2. The summed E-state index contributed by atoms with van der Waals surface area (Å²) < 4.78 is 44.4. The summed E-state index contributed by atoms with van der Waals surface area (Å²) in [4.78, 5) is 12.8. The number of furan rings is 1. The van der Waals surface area contributed by atoms with Gasteiger partial charge in [0.15, 0.2) is 5.58 Å². The van der Waals surface area contributed by atoms with Crippen LogP contribution in [0.5, 0.6) is 0 Å². The van der Waals surface area contributed by atoms with Gasteiger partial charge in [0.2, 0.25) is 5.95 Å². The lowest BCUT2D eigenvalue weighted by Gasteiger charge is -2.22. The van der Waals surface area contributed by atoms with Crippen molar-refractivity contribution in [2.45, 2.75) is 46.3 Å². The predicted molar refractivity (Wildman–Crippen MR) is 125 cm³/mol. The molecule has 184 valence electrons. The molecule has 4 atom stereocenters. The maximum Gasteiger partial charge on any atom is 0.405 e. The van der Waals surface area contributed by atoms with Crippen LogP contribution in [0.1, 0.15) is 31.7 Å². The number of hydrogen-bond donors (Lipinski definition) is 3. The highest BCUT2D eigenvalue weighted by molar-refractivity contribution is 6.32. The van der Waals surface area contributed by atoms with Gasteiger partial charge in [0.05, 0.1) is 11.3 Å². The molecule has 11 heteroatoms. The molecule has 0 radical (unpaired) electrons. The number of aliphatic hydroxyl groups excluding tert-OH is 1. The second-order valence-corrected chi connectivity index (χ2v) is 9.41. The van der Waals surface area contributed by atoms with Crippen molar-refractivity contribution in [3.05, 3.63) is 28.7 Å². The summed E-state index contributed by atoms with van der Waals surface area (Å²) in [6.07, 6.45) is -3.75. The fraction of sp³-hybridized carbons (Fsp3) is 0.522. The number of nitrogens with one attached hydrogen (secondary N) is 2. The summed E-state index contributed by atoms with van der Waals surface area (Å²) in [7, 11) is 0. The number of aliphatic hydroxyl groups is 1. The monoisotopic (exact) mass is 497 g/mol. The van der Waals surface area contributed by atoms with E-state index in [9.17, 15) is 18.3 Å². The third-order valence-corrected chi connectivity index (χ3v) is 6.95. The molecule has 3 N–H and O–H groups in total. The minimum Gasteiger partial charge on any atom is -0.454 e. The maximum atomic E-state index is 12.8. The molecule has 0 unspecified atom stereocenters. The van der Waals surface area contributed by atoms with E-state index in [1.807, 2.05) is 19.9 Å². The SMILES string of the molecule is Cc1cc2cc(-c3c(Cl)nc(NCC(F)(F)F)nc3N[C@@H]3C[C@H](CO)[C@@H](C)[C@H]3C)oc2c(C)n1. The summed E-state index contributed by atoms with van der Waals surface area (Å²) in [6, 6.07) is 3.61. The number of pyridine rings is 1. The van der Waals surface area contributed by atoms with Crippen LogP contribution < -0.4 is 10.6 Å². The number of aromatic nitrogens is 3. The second-order valence-electron chi connectivity index (χ2n) is 9.06. The summed E-state index contributed by atoms with van der Waals surface area (Å²) in [5.74, 6) is 0.977. The van der Waals surface area contributed by atoms with Gasteiger partial charge in [-0.1, -0.05) is 25.4 Å². The van der Waals surface area contributed by atoms with Crippen molar-refractivity contribution in [2.75, 3.05) is 23.8 Å². The molecule has 1 fully saturated rings. The summed E-state index contributed by atoms with van der Waals surface area (Å²) in [5.41, 5.74) is 2.48. The van der Waals surface area contributed by atoms with Crippen LogP contribution in [0.2, 0.25) is 5.15 Å². The van der Waals surface area contributed by atoms with E-state index in [2.05, 4.69) is 39.4 Å². The number of fused-ring (bicyclic) bond motifs is 1. The topological polar surface area (TPSA) is 96.1 Å². The average Bonchev–Trinajstić information content (AvgIpc) is 3.28. The van der Waals surface area contributed by atoms with Gasteiger partial charge < -0.3 is 20.2 Å². The van der Waals surface area contributed by atoms with Crippen LogP contribution >= 0.6 is 11.6 Å². The Morgan fingerprint density at radius 3 is 2.53 bits per heavy atom. The Morgan fingerprint density at radius 1 is 1.15 bits per heavy atom. The second kappa shape index (κ2) is 9.22. The molecule has 0 amide bonds. The lowest BCUT2D eigenvalue weighted by Crippen LogP contribution is -2.26. The molecule has 0 spiro atoms. The Balaban J connectivity index is 1.78. The summed E-state index contributed by atoms with van der Waals surface area (Å²) in [5, 5.41) is 16.1. The van der Waals surface area contributed by atoms with Crippen LogP contribution in [-0.4, -0.2) is 45.4 Å². The zero-order valence-electron chi connectivity index (χ0n) is 19.3. The zero-order chi connectivity index (χ0) is 24.8. The minimum absolute atomic E-state index is 0.0408. The largest absolute Gasteiger partial charge is 0.454 e. The number of nitrogens with zero attached hydrogens (tertiary/aromatic N) is 3. The van der Waals surface area contributed by atoms with E-state index in [1.165, 1.54) is 0 Å². The molecule has 0 saturated heterocycles. The van der Waals surface area contributed by atoms with Crippen LogP contribution in [0.3, 0.4) is 0 Å². The highest BCUT2D eigenvalue weighted by atomic mass is 35.5. The Kier molecular flexibility index (Phi) is 6.65. The smallest absolute Gasteiger partial charge is 0.405 e. The van der Waals surface area contributed by atoms with Crippen molar-refractivity contribution >= 4 is 34.3 Å². The fourth-order valence-corrected chi connectivity index (χ4v) is 4.93. The standard InChI is InChI=1S/C23H27ClF3N5O2/c1-10-5-14-7-17(34-19(14)13(4)29-10)18-20(24)31-22(28-9-23(25,26)27)32-21(18)30-16-6-15(8-33)11(2)12(16)3/h5,7,11-12,15-16,33H,6,8-9H2,1-4H3,(H2,28,30,31,32)/t11-,12+,15+,16+/m0/s1. The van der Waals surface area contributed by atoms with Gasteiger partial charge in [-0.2, -0.15) is 18.2 Å². The van der Waals surface area contributed by atoms with Crippen LogP contribution in [-0.2, 0) is 0 Å². The van der Waals surface area contributed by atoms with Crippen molar-refractivity contribution in [3.8, 4) is 11.3 Å². The first-order chi connectivity index (χ1) is 16.0. The van der Waals surface area contributed by atoms with Gasteiger partial charge in [-0.3, -0.25) is 4.98 Å². The number of halogens is 4. The van der Waals surface area contributed by atoms with E-state index < -0.39 is 12.7 Å². The van der Waals surface area contributed by atoms with Gasteiger partial charge in [-0.05, 0) is 50.2 Å². The lowest BCUT2D eigenvalue weighted by atomic mass is 9.92. The quantitative estimate of drug-likeness (QED) is 0.382. The average molecular weight is 498 g/mol. The first-order valence-corrected chi connectivity index (χ1v) is 11.5. The molecule has 4 rings (SSSR count). The van der Waals surface area contributed by atoms with Crippen LogP contribution in [0.25, 0.3) is 22.3 Å².